The zero-order valence-electron chi connectivity index (χ0n) is 17.9. The molecule has 0 amide bonds. The van der Waals surface area contributed by atoms with Gasteiger partial charge in [0.25, 0.3) is 0 Å². The van der Waals surface area contributed by atoms with E-state index in [1.165, 1.54) is 17.5 Å². The van der Waals surface area contributed by atoms with Gasteiger partial charge in [-0.1, -0.05) is 12.1 Å². The van der Waals surface area contributed by atoms with Crippen molar-refractivity contribution in [3.05, 3.63) is 64.4 Å². The molecule has 4 rings (SSSR count). The number of hydrogen-bond acceptors (Lipinski definition) is 7. The molecule has 0 N–H and O–H groups in total. The number of esters is 1. The van der Waals surface area contributed by atoms with E-state index in [9.17, 15) is 13.2 Å². The maximum atomic E-state index is 13.1. The Morgan fingerprint density at radius 2 is 1.88 bits per heavy atom. The molecule has 1 fully saturated rings. The predicted octanol–water partition coefficient (Wildman–Crippen LogP) is 3.36. The van der Waals surface area contributed by atoms with Gasteiger partial charge >= 0.3 is 5.97 Å². The van der Waals surface area contributed by atoms with Crippen LogP contribution in [0.1, 0.15) is 39.8 Å². The van der Waals surface area contributed by atoms with E-state index in [-0.39, 0.29) is 15.7 Å². The lowest BCUT2D eigenvalue weighted by molar-refractivity contribution is 0.0602. The fourth-order valence-electron chi connectivity index (χ4n) is 3.98. The van der Waals surface area contributed by atoms with E-state index in [2.05, 4.69) is 9.55 Å². The summed E-state index contributed by atoms with van der Waals surface area (Å²) in [4.78, 5) is 16.6. The lowest BCUT2D eigenvalue weighted by Crippen LogP contribution is -2.38. The van der Waals surface area contributed by atoms with E-state index in [4.69, 9.17) is 9.47 Å². The molecule has 10 heteroatoms. The second-order valence-electron chi connectivity index (χ2n) is 7.55. The van der Waals surface area contributed by atoms with Crippen LogP contribution in [0, 0.1) is 0 Å². The van der Waals surface area contributed by atoms with E-state index in [0.717, 1.165) is 28.5 Å². The van der Waals surface area contributed by atoms with Crippen LogP contribution in [0.15, 0.2) is 53.0 Å². The van der Waals surface area contributed by atoms with E-state index < -0.39 is 16.0 Å². The molecule has 0 radical (unpaired) electrons. The number of methoxy groups -OCH3 is 2. The summed E-state index contributed by atoms with van der Waals surface area (Å²) in [5.41, 5.74) is 1.14. The van der Waals surface area contributed by atoms with Gasteiger partial charge in [0.15, 0.2) is 0 Å². The first kappa shape index (κ1) is 22.5. The summed E-state index contributed by atoms with van der Waals surface area (Å²) in [6.07, 6.45) is 5.07. The minimum absolute atomic E-state index is 0.0220. The summed E-state index contributed by atoms with van der Waals surface area (Å²) >= 11 is 1.08. The fraction of sp³-hybridized carbons (Fsp3) is 0.364. The highest BCUT2D eigenvalue weighted by atomic mass is 32.2. The molecule has 0 atom stereocenters. The van der Waals surface area contributed by atoms with Crippen LogP contribution in [-0.4, -0.2) is 55.6 Å². The highest BCUT2D eigenvalue weighted by Crippen LogP contribution is 2.32. The molecule has 1 saturated heterocycles. The number of carbonyl (C=O) groups excluding carboxylic acids is 1. The molecule has 0 unspecified atom stereocenters. The fourth-order valence-corrected chi connectivity index (χ4v) is 6.76. The molecule has 0 aliphatic carbocycles. The summed E-state index contributed by atoms with van der Waals surface area (Å²) in [6.45, 7) is 1.44. The summed E-state index contributed by atoms with van der Waals surface area (Å²) in [7, 11) is -0.867. The van der Waals surface area contributed by atoms with Crippen LogP contribution in [0.2, 0.25) is 0 Å². The number of carbonyl (C=O) groups is 1. The summed E-state index contributed by atoms with van der Waals surface area (Å²) in [6, 6.07) is 9.39. The number of aromatic nitrogens is 2. The van der Waals surface area contributed by atoms with Crippen molar-refractivity contribution in [2.75, 3.05) is 27.3 Å². The van der Waals surface area contributed by atoms with Gasteiger partial charge in [-0.2, -0.15) is 4.31 Å². The van der Waals surface area contributed by atoms with Gasteiger partial charge in [-0.25, -0.2) is 18.2 Å². The molecule has 1 aromatic carbocycles. The lowest BCUT2D eigenvalue weighted by atomic mass is 9.97. The largest absolute Gasteiger partial charge is 0.497 e. The number of piperidine rings is 1. The summed E-state index contributed by atoms with van der Waals surface area (Å²) in [5, 5.41) is 1.60. The highest BCUT2D eigenvalue weighted by Gasteiger charge is 2.34. The van der Waals surface area contributed by atoms with Crippen LogP contribution >= 0.6 is 11.3 Å². The third-order valence-corrected chi connectivity index (χ3v) is 8.66. The van der Waals surface area contributed by atoms with Gasteiger partial charge in [0, 0.05) is 37.9 Å². The van der Waals surface area contributed by atoms with Crippen molar-refractivity contribution < 1.29 is 22.7 Å². The first-order chi connectivity index (χ1) is 15.4. The molecule has 0 saturated carbocycles. The zero-order valence-corrected chi connectivity index (χ0v) is 19.6. The first-order valence-electron chi connectivity index (χ1n) is 10.2. The smallest absolute Gasteiger partial charge is 0.349 e. The minimum Gasteiger partial charge on any atom is -0.497 e. The number of imidazole rings is 1. The van der Waals surface area contributed by atoms with E-state index in [0.29, 0.717) is 32.5 Å². The number of hydrogen-bond donors (Lipinski definition) is 0. The quantitative estimate of drug-likeness (QED) is 0.487. The van der Waals surface area contributed by atoms with Crippen molar-refractivity contribution in [2.45, 2.75) is 30.2 Å². The van der Waals surface area contributed by atoms with Gasteiger partial charge in [-0.3, -0.25) is 0 Å². The standard InChI is InChI=1S/C22H25N3O5S2/c1-29-18-5-3-16(4-6-18)15-24-13-10-23-21(24)17-7-11-25(12-8-17)32(27,28)19-9-14-31-20(19)22(26)30-2/h3-6,9-10,13-14,17H,7-8,11-12,15H2,1-2H3. The lowest BCUT2D eigenvalue weighted by Gasteiger charge is -2.31. The van der Waals surface area contributed by atoms with Gasteiger partial charge in [0.1, 0.15) is 21.3 Å². The molecule has 170 valence electrons. The van der Waals surface area contributed by atoms with Crippen LogP contribution in [0.4, 0.5) is 0 Å². The third-order valence-electron chi connectivity index (χ3n) is 5.70. The van der Waals surface area contributed by atoms with Gasteiger partial charge in [0.2, 0.25) is 10.0 Å². The normalized spacial score (nSPS) is 15.6. The molecule has 1 aliphatic heterocycles. The molecular formula is C22H25N3O5S2. The Hall–Kier alpha value is -2.69. The number of thiophene rings is 1. The Morgan fingerprint density at radius 1 is 1.16 bits per heavy atom. The number of rotatable bonds is 7. The maximum absolute atomic E-state index is 13.1. The van der Waals surface area contributed by atoms with Gasteiger partial charge in [-0.05, 0) is 42.0 Å². The van der Waals surface area contributed by atoms with E-state index >= 15 is 0 Å². The Labute approximate surface area is 191 Å². The summed E-state index contributed by atoms with van der Waals surface area (Å²) < 4.78 is 39.8. The Bertz CT molecular complexity index is 1180. The molecule has 0 bridgehead atoms. The van der Waals surface area contributed by atoms with Gasteiger partial charge in [-0.15, -0.1) is 11.3 Å². The van der Waals surface area contributed by atoms with Crippen molar-refractivity contribution in [1.29, 1.82) is 0 Å². The predicted molar refractivity (Wildman–Crippen MR) is 121 cm³/mol. The Balaban J connectivity index is 1.45. The molecule has 8 nitrogen and oxygen atoms in total. The van der Waals surface area contributed by atoms with Crippen LogP contribution in [-0.2, 0) is 21.3 Å². The molecule has 3 heterocycles. The van der Waals surface area contributed by atoms with E-state index in [1.807, 2.05) is 30.5 Å². The number of nitrogens with zero attached hydrogens (tertiary/aromatic N) is 3. The molecule has 1 aliphatic rings. The first-order valence-corrected chi connectivity index (χ1v) is 12.6. The molecule has 32 heavy (non-hydrogen) atoms. The topological polar surface area (TPSA) is 90.7 Å². The average Bonchev–Trinajstić information content (AvgIpc) is 3.49. The van der Waals surface area contributed by atoms with Gasteiger partial charge < -0.3 is 14.0 Å². The van der Waals surface area contributed by atoms with Crippen molar-refractivity contribution in [1.82, 2.24) is 13.9 Å². The second-order valence-corrected chi connectivity index (χ2v) is 10.4. The Morgan fingerprint density at radius 3 is 2.53 bits per heavy atom. The third kappa shape index (κ3) is 4.43. The highest BCUT2D eigenvalue weighted by molar-refractivity contribution is 7.89. The zero-order chi connectivity index (χ0) is 22.7. The number of ether oxygens (including phenoxy) is 2. The van der Waals surface area contributed by atoms with Crippen molar-refractivity contribution in [2.24, 2.45) is 0 Å². The number of benzene rings is 1. The molecular weight excluding hydrogens is 450 g/mol. The monoisotopic (exact) mass is 475 g/mol. The minimum atomic E-state index is -3.76. The second kappa shape index (κ2) is 9.43. The van der Waals surface area contributed by atoms with Crippen LogP contribution in [0.25, 0.3) is 0 Å². The molecule has 2 aromatic heterocycles. The van der Waals surface area contributed by atoms with Crippen molar-refractivity contribution in [3.63, 3.8) is 0 Å². The van der Waals surface area contributed by atoms with E-state index in [1.54, 1.807) is 18.7 Å². The molecule has 3 aromatic rings. The van der Waals surface area contributed by atoms with Gasteiger partial charge in [0.05, 0.1) is 14.2 Å². The van der Waals surface area contributed by atoms with Crippen LogP contribution < -0.4 is 4.74 Å². The molecule has 0 spiro atoms. The van der Waals surface area contributed by atoms with Crippen molar-refractivity contribution >= 4 is 27.3 Å². The van der Waals surface area contributed by atoms with Crippen LogP contribution in [0.5, 0.6) is 5.75 Å². The van der Waals surface area contributed by atoms with Crippen molar-refractivity contribution in [3.8, 4) is 5.75 Å². The number of sulfonamides is 1. The maximum Gasteiger partial charge on any atom is 0.349 e. The van der Waals surface area contributed by atoms with Crippen LogP contribution in [0.3, 0.4) is 0 Å². The summed E-state index contributed by atoms with van der Waals surface area (Å²) in [5.74, 6) is 1.31. The Kier molecular flexibility index (Phi) is 6.63. The average molecular weight is 476 g/mol. The SMILES string of the molecule is COC(=O)c1sccc1S(=O)(=O)N1CCC(c2nccn2Cc2ccc(OC)cc2)CC1.